The molecule has 1 amide bonds. The van der Waals surface area contributed by atoms with Gasteiger partial charge in [0, 0.05) is 31.1 Å². The first-order valence-corrected chi connectivity index (χ1v) is 9.24. The van der Waals surface area contributed by atoms with E-state index in [0.717, 1.165) is 30.8 Å². The third-order valence-electron chi connectivity index (χ3n) is 5.76. The highest BCUT2D eigenvalue weighted by Crippen LogP contribution is 2.37. The van der Waals surface area contributed by atoms with Crippen LogP contribution in [0.25, 0.3) is 11.1 Å². The molecule has 0 bridgehead atoms. The Kier molecular flexibility index (Phi) is 4.12. The number of likely N-dealkylation sites (tertiary alicyclic amines) is 1. The molecular weight excluding hydrogens is 308 g/mol. The number of likely N-dealkylation sites (N-methyl/N-ethyl adjacent to an activating group) is 1. The molecular formula is C22H26N2O. The van der Waals surface area contributed by atoms with Gasteiger partial charge < -0.3 is 10.2 Å². The number of nitrogens with one attached hydrogen (secondary N) is 1. The van der Waals surface area contributed by atoms with Crippen LogP contribution in [-0.4, -0.2) is 37.5 Å². The van der Waals surface area contributed by atoms with E-state index in [2.05, 4.69) is 73.6 Å². The lowest BCUT2D eigenvalue weighted by Crippen LogP contribution is -2.29. The maximum Gasteiger partial charge on any atom is 0.251 e. The number of amides is 1. The minimum atomic E-state index is 0.0766. The Hall–Kier alpha value is -2.13. The van der Waals surface area contributed by atoms with Crippen molar-refractivity contribution in [3.63, 3.8) is 0 Å². The fourth-order valence-electron chi connectivity index (χ4n) is 4.28. The van der Waals surface area contributed by atoms with Crippen LogP contribution in [-0.2, 0) is 0 Å². The summed E-state index contributed by atoms with van der Waals surface area (Å²) in [6.45, 7) is 7.28. The van der Waals surface area contributed by atoms with Crippen molar-refractivity contribution in [1.82, 2.24) is 10.2 Å². The predicted octanol–water partition coefficient (Wildman–Crippen LogP) is 3.87. The van der Waals surface area contributed by atoms with E-state index in [4.69, 9.17) is 0 Å². The maximum absolute atomic E-state index is 12.6. The topological polar surface area (TPSA) is 32.3 Å². The second-order valence-electron chi connectivity index (χ2n) is 7.88. The molecule has 130 valence electrons. The van der Waals surface area contributed by atoms with E-state index in [9.17, 15) is 4.79 Å². The summed E-state index contributed by atoms with van der Waals surface area (Å²) in [4.78, 5) is 15.0. The number of hydrogen-bond donors (Lipinski definition) is 1. The average molecular weight is 334 g/mol. The largest absolute Gasteiger partial charge is 0.352 e. The summed E-state index contributed by atoms with van der Waals surface area (Å²) < 4.78 is 0. The molecule has 2 aromatic carbocycles. The van der Waals surface area contributed by atoms with Gasteiger partial charge in [-0.2, -0.15) is 0 Å². The summed E-state index contributed by atoms with van der Waals surface area (Å²) in [5.41, 5.74) is 5.70. The lowest BCUT2D eigenvalue weighted by molar-refractivity contribution is 0.0951. The van der Waals surface area contributed by atoms with Gasteiger partial charge in [0.05, 0.1) is 0 Å². The van der Waals surface area contributed by atoms with Crippen molar-refractivity contribution in [3.05, 3.63) is 59.2 Å². The third kappa shape index (κ3) is 2.98. The minimum Gasteiger partial charge on any atom is -0.352 e. The summed E-state index contributed by atoms with van der Waals surface area (Å²) in [6.07, 6.45) is 0. The molecule has 3 heteroatoms. The predicted molar refractivity (Wildman–Crippen MR) is 102 cm³/mol. The number of hydrogen-bond acceptors (Lipinski definition) is 2. The van der Waals surface area contributed by atoms with Gasteiger partial charge in [-0.25, -0.2) is 0 Å². The normalized spacial score (nSPS) is 23.1. The third-order valence-corrected chi connectivity index (χ3v) is 5.76. The standard InChI is InChI=1S/C22H26N2O/c1-14(2)15-4-6-16(7-5-15)17-8-9-19-20(10-17)22(25)23-11-18-12-24(3)13-21(18)19/h4-10,14,18,21H,11-13H2,1-3H3,(H,23,25)/t18-,21-/m1/s1. The molecule has 4 rings (SSSR count). The molecule has 0 spiro atoms. The van der Waals surface area contributed by atoms with Crippen LogP contribution in [0.3, 0.4) is 0 Å². The van der Waals surface area contributed by atoms with Crippen molar-refractivity contribution in [2.45, 2.75) is 25.7 Å². The molecule has 0 radical (unpaired) electrons. The van der Waals surface area contributed by atoms with Gasteiger partial charge in [-0.1, -0.05) is 50.2 Å². The monoisotopic (exact) mass is 334 g/mol. The molecule has 0 saturated carbocycles. The zero-order valence-corrected chi connectivity index (χ0v) is 15.3. The molecule has 0 aromatic heterocycles. The molecule has 2 heterocycles. The van der Waals surface area contributed by atoms with Crippen molar-refractivity contribution >= 4 is 5.91 Å². The molecule has 3 nitrogen and oxygen atoms in total. The number of nitrogens with zero attached hydrogens (tertiary/aromatic N) is 1. The fraction of sp³-hybridized carbons (Fsp3) is 0.409. The summed E-state index contributed by atoms with van der Waals surface area (Å²) in [7, 11) is 2.17. The van der Waals surface area contributed by atoms with Gasteiger partial charge in [-0.05, 0) is 47.2 Å². The van der Waals surface area contributed by atoms with Crippen molar-refractivity contribution < 1.29 is 4.79 Å². The molecule has 0 aliphatic carbocycles. The van der Waals surface area contributed by atoms with Gasteiger partial charge >= 0.3 is 0 Å². The van der Waals surface area contributed by atoms with Crippen LogP contribution in [0.2, 0.25) is 0 Å². The van der Waals surface area contributed by atoms with Gasteiger partial charge in [0.2, 0.25) is 0 Å². The highest BCUT2D eigenvalue weighted by molar-refractivity contribution is 5.97. The number of carbonyl (C=O) groups is 1. The van der Waals surface area contributed by atoms with Crippen LogP contribution in [0.4, 0.5) is 0 Å². The number of carbonyl (C=O) groups excluding carboxylic acids is 1. The lowest BCUT2D eigenvalue weighted by Gasteiger charge is -2.17. The van der Waals surface area contributed by atoms with Gasteiger partial charge in [0.1, 0.15) is 0 Å². The molecule has 25 heavy (non-hydrogen) atoms. The Morgan fingerprint density at radius 1 is 1.04 bits per heavy atom. The first-order chi connectivity index (χ1) is 12.0. The summed E-state index contributed by atoms with van der Waals surface area (Å²) >= 11 is 0. The van der Waals surface area contributed by atoms with Gasteiger partial charge in [0.15, 0.2) is 0 Å². The van der Waals surface area contributed by atoms with Crippen molar-refractivity contribution in [2.75, 3.05) is 26.7 Å². The SMILES string of the molecule is CC(C)c1ccc(-c2ccc3c(c2)C(=O)NC[C@@H]2CN(C)C[C@@H]32)cc1. The molecule has 1 saturated heterocycles. The van der Waals surface area contributed by atoms with E-state index in [1.165, 1.54) is 16.7 Å². The zero-order chi connectivity index (χ0) is 17.6. The highest BCUT2D eigenvalue weighted by Gasteiger charge is 2.36. The minimum absolute atomic E-state index is 0.0766. The highest BCUT2D eigenvalue weighted by atomic mass is 16.1. The van der Waals surface area contributed by atoms with Crippen LogP contribution in [0.15, 0.2) is 42.5 Å². The Labute approximate surface area is 150 Å². The quantitative estimate of drug-likeness (QED) is 0.904. The summed E-state index contributed by atoms with van der Waals surface area (Å²) in [6, 6.07) is 15.1. The molecule has 1 N–H and O–H groups in total. The summed E-state index contributed by atoms with van der Waals surface area (Å²) in [5, 5.41) is 3.13. The van der Waals surface area contributed by atoms with Gasteiger partial charge in [-0.3, -0.25) is 4.79 Å². The lowest BCUT2D eigenvalue weighted by atomic mass is 9.86. The number of fused-ring (bicyclic) bond motifs is 3. The molecule has 2 atom stereocenters. The Balaban J connectivity index is 1.72. The molecule has 0 unspecified atom stereocenters. The van der Waals surface area contributed by atoms with Gasteiger partial charge in [0.25, 0.3) is 5.91 Å². The van der Waals surface area contributed by atoms with Crippen LogP contribution >= 0.6 is 0 Å². The van der Waals surface area contributed by atoms with Crippen LogP contribution < -0.4 is 5.32 Å². The smallest absolute Gasteiger partial charge is 0.251 e. The Morgan fingerprint density at radius 3 is 2.48 bits per heavy atom. The maximum atomic E-state index is 12.6. The second-order valence-corrected chi connectivity index (χ2v) is 7.88. The van der Waals surface area contributed by atoms with Crippen molar-refractivity contribution in [2.24, 2.45) is 5.92 Å². The second kappa shape index (κ2) is 6.30. The van der Waals surface area contributed by atoms with Gasteiger partial charge in [-0.15, -0.1) is 0 Å². The molecule has 2 aromatic rings. The number of benzene rings is 2. The Morgan fingerprint density at radius 2 is 1.76 bits per heavy atom. The van der Waals surface area contributed by atoms with Crippen LogP contribution in [0, 0.1) is 5.92 Å². The van der Waals surface area contributed by atoms with Crippen LogP contribution in [0.1, 0.15) is 47.2 Å². The molecule has 2 aliphatic rings. The van der Waals surface area contributed by atoms with E-state index in [-0.39, 0.29) is 5.91 Å². The fourth-order valence-corrected chi connectivity index (χ4v) is 4.28. The first kappa shape index (κ1) is 16.3. The van der Waals surface area contributed by atoms with Crippen LogP contribution in [0.5, 0.6) is 0 Å². The summed E-state index contributed by atoms with van der Waals surface area (Å²) in [5.74, 6) is 1.58. The zero-order valence-electron chi connectivity index (χ0n) is 15.3. The molecule has 1 fully saturated rings. The molecule has 2 aliphatic heterocycles. The Bertz CT molecular complexity index is 794. The van der Waals surface area contributed by atoms with E-state index >= 15 is 0 Å². The number of rotatable bonds is 2. The van der Waals surface area contributed by atoms with E-state index in [1.54, 1.807) is 0 Å². The van der Waals surface area contributed by atoms with E-state index in [1.807, 2.05) is 0 Å². The first-order valence-electron chi connectivity index (χ1n) is 9.24. The van der Waals surface area contributed by atoms with Crippen molar-refractivity contribution in [1.29, 1.82) is 0 Å². The van der Waals surface area contributed by atoms with Crippen molar-refractivity contribution in [3.8, 4) is 11.1 Å². The van der Waals surface area contributed by atoms with E-state index in [0.29, 0.717) is 17.8 Å². The average Bonchev–Trinajstić information content (AvgIpc) is 2.94. The van der Waals surface area contributed by atoms with E-state index < -0.39 is 0 Å².